The van der Waals surface area contributed by atoms with Gasteiger partial charge in [0.05, 0.1) is 0 Å². The second-order valence-corrected chi connectivity index (χ2v) is 4.14. The van der Waals surface area contributed by atoms with Crippen molar-refractivity contribution in [2.45, 2.75) is 6.54 Å². The minimum absolute atomic E-state index is 0.130. The lowest BCUT2D eigenvalue weighted by Gasteiger charge is -2.08. The molecule has 2 aromatic rings. The average molecular weight is 258 g/mol. The molecule has 0 saturated heterocycles. The monoisotopic (exact) mass is 258 g/mol. The highest BCUT2D eigenvalue weighted by molar-refractivity contribution is 5.94. The van der Waals surface area contributed by atoms with Gasteiger partial charge in [0, 0.05) is 24.8 Å². The Kier molecular flexibility index (Phi) is 4.13. The van der Waals surface area contributed by atoms with Gasteiger partial charge in [-0.2, -0.15) is 0 Å². The summed E-state index contributed by atoms with van der Waals surface area (Å²) in [5.74, 6) is -0.382. The van der Waals surface area contributed by atoms with Gasteiger partial charge in [-0.05, 0) is 35.9 Å². The van der Waals surface area contributed by atoms with Gasteiger partial charge in [-0.1, -0.05) is 18.2 Å². The highest BCUT2D eigenvalue weighted by atomic mass is 19.1. The predicted molar refractivity (Wildman–Crippen MR) is 73.6 cm³/mol. The van der Waals surface area contributed by atoms with Crippen LogP contribution in [0, 0.1) is 5.82 Å². The first-order chi connectivity index (χ1) is 9.19. The van der Waals surface area contributed by atoms with Crippen LogP contribution in [0.4, 0.5) is 10.1 Å². The SMILES string of the molecule is CNC(=O)c1cccc(NCc2cccc(F)c2)c1. The van der Waals surface area contributed by atoms with Crippen molar-refractivity contribution in [3.05, 3.63) is 65.5 Å². The summed E-state index contributed by atoms with van der Waals surface area (Å²) in [5.41, 5.74) is 2.27. The highest BCUT2D eigenvalue weighted by Gasteiger charge is 2.03. The molecule has 0 aromatic heterocycles. The fourth-order valence-electron chi connectivity index (χ4n) is 1.77. The van der Waals surface area contributed by atoms with Gasteiger partial charge < -0.3 is 10.6 Å². The first kappa shape index (κ1) is 13.1. The van der Waals surface area contributed by atoms with Gasteiger partial charge in [-0.25, -0.2) is 4.39 Å². The Morgan fingerprint density at radius 3 is 2.68 bits per heavy atom. The molecule has 2 aromatic carbocycles. The summed E-state index contributed by atoms with van der Waals surface area (Å²) in [6, 6.07) is 13.6. The maximum absolute atomic E-state index is 13.0. The summed E-state index contributed by atoms with van der Waals surface area (Å²) in [6.07, 6.45) is 0. The maximum atomic E-state index is 13.0. The Morgan fingerprint density at radius 2 is 1.95 bits per heavy atom. The molecule has 0 aliphatic rings. The van der Waals surface area contributed by atoms with E-state index in [2.05, 4.69) is 10.6 Å². The second-order valence-electron chi connectivity index (χ2n) is 4.14. The Morgan fingerprint density at radius 1 is 1.16 bits per heavy atom. The minimum Gasteiger partial charge on any atom is -0.381 e. The van der Waals surface area contributed by atoms with Crippen molar-refractivity contribution in [2.75, 3.05) is 12.4 Å². The summed E-state index contributed by atoms with van der Waals surface area (Å²) in [6.45, 7) is 0.509. The highest BCUT2D eigenvalue weighted by Crippen LogP contribution is 2.12. The largest absolute Gasteiger partial charge is 0.381 e. The van der Waals surface area contributed by atoms with Crippen molar-refractivity contribution >= 4 is 11.6 Å². The lowest BCUT2D eigenvalue weighted by Crippen LogP contribution is -2.17. The van der Waals surface area contributed by atoms with E-state index in [9.17, 15) is 9.18 Å². The van der Waals surface area contributed by atoms with Gasteiger partial charge in [0.1, 0.15) is 5.82 Å². The molecular formula is C15H15FN2O. The van der Waals surface area contributed by atoms with Crippen LogP contribution < -0.4 is 10.6 Å². The second kappa shape index (κ2) is 6.00. The smallest absolute Gasteiger partial charge is 0.251 e. The molecule has 0 atom stereocenters. The molecule has 3 nitrogen and oxygen atoms in total. The van der Waals surface area contributed by atoms with E-state index in [4.69, 9.17) is 0 Å². The molecular weight excluding hydrogens is 243 g/mol. The summed E-state index contributed by atoms with van der Waals surface area (Å²) in [5, 5.41) is 5.73. The van der Waals surface area contributed by atoms with E-state index < -0.39 is 0 Å². The molecule has 2 N–H and O–H groups in total. The van der Waals surface area contributed by atoms with Crippen molar-refractivity contribution < 1.29 is 9.18 Å². The number of benzene rings is 2. The molecule has 0 aliphatic carbocycles. The third kappa shape index (κ3) is 3.55. The van der Waals surface area contributed by atoms with Crippen LogP contribution in [0.5, 0.6) is 0 Å². The summed E-state index contributed by atoms with van der Waals surface area (Å²) in [4.78, 5) is 11.5. The van der Waals surface area contributed by atoms with E-state index in [1.807, 2.05) is 12.1 Å². The number of carbonyl (C=O) groups is 1. The molecule has 0 spiro atoms. The van der Waals surface area contributed by atoms with Crippen molar-refractivity contribution in [2.24, 2.45) is 0 Å². The molecule has 1 amide bonds. The molecule has 0 fully saturated rings. The Labute approximate surface area is 111 Å². The van der Waals surface area contributed by atoms with Crippen LogP contribution in [-0.4, -0.2) is 13.0 Å². The summed E-state index contributed by atoms with van der Waals surface area (Å²) >= 11 is 0. The number of rotatable bonds is 4. The van der Waals surface area contributed by atoms with Crippen molar-refractivity contribution in [3.8, 4) is 0 Å². The zero-order valence-corrected chi connectivity index (χ0v) is 10.6. The Bertz CT molecular complexity index is 584. The number of carbonyl (C=O) groups excluding carboxylic acids is 1. The van der Waals surface area contributed by atoms with Crippen LogP contribution in [0.1, 0.15) is 15.9 Å². The predicted octanol–water partition coefficient (Wildman–Crippen LogP) is 2.80. The molecule has 0 heterocycles. The normalized spacial score (nSPS) is 10.0. The zero-order valence-electron chi connectivity index (χ0n) is 10.6. The van der Waals surface area contributed by atoms with Gasteiger partial charge in [0.15, 0.2) is 0 Å². The number of halogens is 1. The van der Waals surface area contributed by atoms with Crippen LogP contribution in [0.15, 0.2) is 48.5 Å². The zero-order chi connectivity index (χ0) is 13.7. The first-order valence-electron chi connectivity index (χ1n) is 5.99. The molecule has 98 valence electrons. The molecule has 0 radical (unpaired) electrons. The van der Waals surface area contributed by atoms with Crippen molar-refractivity contribution in [3.63, 3.8) is 0 Å². The number of anilines is 1. The first-order valence-corrected chi connectivity index (χ1v) is 5.99. The van der Waals surface area contributed by atoms with Gasteiger partial charge in [-0.3, -0.25) is 4.79 Å². The van der Waals surface area contributed by atoms with Gasteiger partial charge >= 0.3 is 0 Å². The Hall–Kier alpha value is -2.36. The third-order valence-corrected chi connectivity index (χ3v) is 2.74. The van der Waals surface area contributed by atoms with Crippen LogP contribution in [0.2, 0.25) is 0 Å². The number of hydrogen-bond donors (Lipinski definition) is 2. The van der Waals surface area contributed by atoms with E-state index in [1.54, 1.807) is 31.3 Å². The molecule has 0 aliphatic heterocycles. The molecule has 19 heavy (non-hydrogen) atoms. The quantitative estimate of drug-likeness (QED) is 0.885. The lowest BCUT2D eigenvalue weighted by atomic mass is 10.1. The van der Waals surface area contributed by atoms with Crippen LogP contribution in [-0.2, 0) is 6.54 Å². The van der Waals surface area contributed by atoms with E-state index in [0.29, 0.717) is 12.1 Å². The molecule has 0 unspecified atom stereocenters. The standard InChI is InChI=1S/C15H15FN2O/c1-17-15(19)12-5-3-7-14(9-12)18-10-11-4-2-6-13(16)8-11/h2-9,18H,10H2,1H3,(H,17,19). The molecule has 0 bridgehead atoms. The number of nitrogens with one attached hydrogen (secondary N) is 2. The van der Waals surface area contributed by atoms with E-state index >= 15 is 0 Å². The number of hydrogen-bond acceptors (Lipinski definition) is 2. The number of amides is 1. The lowest BCUT2D eigenvalue weighted by molar-refractivity contribution is 0.0963. The average Bonchev–Trinajstić information content (AvgIpc) is 2.45. The fourth-order valence-corrected chi connectivity index (χ4v) is 1.77. The van der Waals surface area contributed by atoms with E-state index in [0.717, 1.165) is 11.3 Å². The van der Waals surface area contributed by atoms with Gasteiger partial charge in [0.2, 0.25) is 0 Å². The van der Waals surface area contributed by atoms with E-state index in [1.165, 1.54) is 12.1 Å². The molecule has 0 saturated carbocycles. The molecule has 4 heteroatoms. The maximum Gasteiger partial charge on any atom is 0.251 e. The molecule has 2 rings (SSSR count). The third-order valence-electron chi connectivity index (χ3n) is 2.74. The van der Waals surface area contributed by atoms with E-state index in [-0.39, 0.29) is 11.7 Å². The Balaban J connectivity index is 2.05. The summed E-state index contributed by atoms with van der Waals surface area (Å²) < 4.78 is 13.0. The van der Waals surface area contributed by atoms with Crippen molar-refractivity contribution in [1.29, 1.82) is 0 Å². The van der Waals surface area contributed by atoms with Gasteiger partial charge in [0.25, 0.3) is 5.91 Å². The van der Waals surface area contributed by atoms with Crippen LogP contribution >= 0.6 is 0 Å². The fraction of sp³-hybridized carbons (Fsp3) is 0.133. The van der Waals surface area contributed by atoms with Crippen LogP contribution in [0.25, 0.3) is 0 Å². The van der Waals surface area contributed by atoms with Crippen molar-refractivity contribution in [1.82, 2.24) is 5.32 Å². The van der Waals surface area contributed by atoms with Crippen LogP contribution in [0.3, 0.4) is 0 Å². The van der Waals surface area contributed by atoms with Gasteiger partial charge in [-0.15, -0.1) is 0 Å². The topological polar surface area (TPSA) is 41.1 Å². The summed E-state index contributed by atoms with van der Waals surface area (Å²) in [7, 11) is 1.59. The minimum atomic E-state index is -0.251.